The Morgan fingerprint density at radius 2 is 1.95 bits per heavy atom. The van der Waals surface area contributed by atoms with Crippen LogP contribution in [0.4, 0.5) is 0 Å². The Hall–Kier alpha value is -0.630. The molecule has 1 unspecified atom stereocenters. The second-order valence-electron chi connectivity index (χ2n) is 6.38. The van der Waals surface area contributed by atoms with Crippen LogP contribution in [0, 0.1) is 25.7 Å². The van der Waals surface area contributed by atoms with Crippen LogP contribution in [-0.4, -0.2) is 30.8 Å². The van der Waals surface area contributed by atoms with Gasteiger partial charge in [-0.25, -0.2) is 13.1 Å². The van der Waals surface area contributed by atoms with E-state index in [0.717, 1.165) is 12.8 Å². The highest BCUT2D eigenvalue weighted by Gasteiger charge is 2.35. The van der Waals surface area contributed by atoms with Gasteiger partial charge in [-0.3, -0.25) is 4.68 Å². The fraction of sp³-hybridized carbons (Fsp3) is 0.786. The molecular formula is C14H27ClN4O2S. The summed E-state index contributed by atoms with van der Waals surface area (Å²) < 4.78 is 29.9. The van der Waals surface area contributed by atoms with Crippen LogP contribution < -0.4 is 10.5 Å². The quantitative estimate of drug-likeness (QED) is 0.781. The number of sulfonamides is 1. The minimum absolute atomic E-state index is 0. The van der Waals surface area contributed by atoms with Crippen LogP contribution in [-0.2, 0) is 16.6 Å². The number of rotatable bonds is 7. The first-order valence-corrected chi connectivity index (χ1v) is 9.01. The Bertz CT molecular complexity index is 609. The van der Waals surface area contributed by atoms with E-state index in [1.807, 2.05) is 6.92 Å². The van der Waals surface area contributed by atoms with Crippen molar-refractivity contribution in [3.05, 3.63) is 11.4 Å². The first-order chi connectivity index (χ1) is 9.76. The van der Waals surface area contributed by atoms with E-state index < -0.39 is 10.0 Å². The number of halogens is 1. The smallest absolute Gasteiger partial charge is 0.244 e. The fourth-order valence-corrected chi connectivity index (χ4v) is 4.42. The standard InChI is InChI=1S/C14H26N4O2S.ClH/c1-9(2)8-18-11(4)14(10(3)16-18)21(19,20)17-13(7-15)12-5-6-12;/h9,12-13,17H,5-8,15H2,1-4H3;1H. The van der Waals surface area contributed by atoms with Gasteiger partial charge >= 0.3 is 0 Å². The van der Waals surface area contributed by atoms with Crippen molar-refractivity contribution in [1.82, 2.24) is 14.5 Å². The molecule has 6 nitrogen and oxygen atoms in total. The molecule has 0 bridgehead atoms. The summed E-state index contributed by atoms with van der Waals surface area (Å²) in [4.78, 5) is 0.308. The van der Waals surface area contributed by atoms with Gasteiger partial charge in [0.15, 0.2) is 0 Å². The van der Waals surface area contributed by atoms with Crippen LogP contribution in [0.3, 0.4) is 0 Å². The average molecular weight is 351 g/mol. The van der Waals surface area contributed by atoms with Crippen LogP contribution >= 0.6 is 12.4 Å². The van der Waals surface area contributed by atoms with E-state index in [1.54, 1.807) is 11.6 Å². The van der Waals surface area contributed by atoms with Crippen molar-refractivity contribution in [2.45, 2.75) is 58.0 Å². The Morgan fingerprint density at radius 3 is 2.41 bits per heavy atom. The van der Waals surface area contributed by atoms with E-state index in [4.69, 9.17) is 5.73 Å². The lowest BCUT2D eigenvalue weighted by Gasteiger charge is -2.16. The number of hydrogen-bond donors (Lipinski definition) is 2. The third-order valence-corrected chi connectivity index (χ3v) is 5.61. The Labute approximate surface area is 139 Å². The van der Waals surface area contributed by atoms with Crippen LogP contribution in [0.15, 0.2) is 4.90 Å². The first-order valence-electron chi connectivity index (χ1n) is 7.52. The molecule has 1 saturated carbocycles. The topological polar surface area (TPSA) is 90.0 Å². The summed E-state index contributed by atoms with van der Waals surface area (Å²) in [6.07, 6.45) is 2.10. The molecule has 1 heterocycles. The van der Waals surface area contributed by atoms with E-state index in [2.05, 4.69) is 23.7 Å². The van der Waals surface area contributed by atoms with Crippen molar-refractivity contribution in [3.63, 3.8) is 0 Å². The third kappa shape index (κ3) is 4.22. The molecule has 0 aromatic carbocycles. The highest BCUT2D eigenvalue weighted by Crippen LogP contribution is 2.33. The number of nitrogens with zero attached hydrogens (tertiary/aromatic N) is 2. The summed E-state index contributed by atoms with van der Waals surface area (Å²) in [5.41, 5.74) is 6.94. The summed E-state index contributed by atoms with van der Waals surface area (Å²) in [7, 11) is -3.57. The molecule has 3 N–H and O–H groups in total. The van der Waals surface area contributed by atoms with Crippen molar-refractivity contribution in [2.24, 2.45) is 17.6 Å². The van der Waals surface area contributed by atoms with E-state index in [9.17, 15) is 8.42 Å². The summed E-state index contributed by atoms with van der Waals surface area (Å²) in [6, 6.07) is -0.165. The normalized spacial score (nSPS) is 16.6. The zero-order valence-corrected chi connectivity index (χ0v) is 15.3. The van der Waals surface area contributed by atoms with Gasteiger partial charge in [0, 0.05) is 19.1 Å². The molecule has 1 fully saturated rings. The number of aromatic nitrogens is 2. The van der Waals surface area contributed by atoms with E-state index in [1.165, 1.54) is 0 Å². The van der Waals surface area contributed by atoms with Crippen LogP contribution in [0.1, 0.15) is 38.1 Å². The highest BCUT2D eigenvalue weighted by molar-refractivity contribution is 7.89. The zero-order chi connectivity index (χ0) is 15.8. The molecule has 0 radical (unpaired) electrons. The summed E-state index contributed by atoms with van der Waals surface area (Å²) in [5, 5.41) is 4.38. The molecule has 0 aliphatic heterocycles. The van der Waals surface area contributed by atoms with Gasteiger partial charge < -0.3 is 5.73 Å². The molecule has 1 atom stereocenters. The van der Waals surface area contributed by atoms with Gasteiger partial charge in [-0.2, -0.15) is 5.10 Å². The van der Waals surface area contributed by atoms with E-state index in [0.29, 0.717) is 41.2 Å². The van der Waals surface area contributed by atoms with Crippen molar-refractivity contribution >= 4 is 22.4 Å². The highest BCUT2D eigenvalue weighted by atomic mass is 35.5. The second-order valence-corrected chi connectivity index (χ2v) is 8.03. The maximum Gasteiger partial charge on any atom is 0.244 e. The lowest BCUT2D eigenvalue weighted by atomic mass is 10.2. The molecule has 0 amide bonds. The minimum Gasteiger partial charge on any atom is -0.329 e. The summed E-state index contributed by atoms with van der Waals surface area (Å²) in [5.74, 6) is 0.797. The molecule has 128 valence electrons. The molecule has 22 heavy (non-hydrogen) atoms. The Kier molecular flexibility index (Phi) is 6.44. The van der Waals surface area contributed by atoms with Crippen molar-refractivity contribution in [3.8, 4) is 0 Å². The molecule has 1 aromatic rings. The van der Waals surface area contributed by atoms with Gasteiger partial charge in [0.1, 0.15) is 4.90 Å². The van der Waals surface area contributed by atoms with Crippen LogP contribution in [0.5, 0.6) is 0 Å². The van der Waals surface area contributed by atoms with E-state index in [-0.39, 0.29) is 18.4 Å². The number of aryl methyl sites for hydroxylation is 1. The molecule has 1 aliphatic rings. The molecule has 0 spiro atoms. The average Bonchev–Trinajstić information content (AvgIpc) is 3.14. The first kappa shape index (κ1) is 19.4. The lowest BCUT2D eigenvalue weighted by molar-refractivity contribution is 0.471. The molecule has 0 saturated heterocycles. The van der Waals surface area contributed by atoms with Crippen LogP contribution in [0.25, 0.3) is 0 Å². The predicted molar refractivity (Wildman–Crippen MR) is 89.7 cm³/mol. The van der Waals surface area contributed by atoms with Crippen molar-refractivity contribution in [1.29, 1.82) is 0 Å². The van der Waals surface area contributed by atoms with Crippen LogP contribution in [0.2, 0.25) is 0 Å². The lowest BCUT2D eigenvalue weighted by Crippen LogP contribution is -2.42. The van der Waals surface area contributed by atoms with E-state index >= 15 is 0 Å². The van der Waals surface area contributed by atoms with Gasteiger partial charge in [0.25, 0.3) is 0 Å². The SMILES string of the molecule is Cc1nn(CC(C)C)c(C)c1S(=O)(=O)NC(CN)C1CC1.Cl. The van der Waals surface area contributed by atoms with Crippen molar-refractivity contribution < 1.29 is 8.42 Å². The second kappa shape index (κ2) is 7.29. The predicted octanol–water partition coefficient (Wildman–Crippen LogP) is 1.59. The molecule has 2 rings (SSSR count). The molecule has 1 aromatic heterocycles. The Morgan fingerprint density at radius 1 is 1.36 bits per heavy atom. The van der Waals surface area contributed by atoms with Gasteiger partial charge in [-0.1, -0.05) is 13.8 Å². The third-order valence-electron chi connectivity index (χ3n) is 3.87. The summed E-state index contributed by atoms with van der Waals surface area (Å²) >= 11 is 0. The number of nitrogens with two attached hydrogens (primary N) is 1. The largest absolute Gasteiger partial charge is 0.329 e. The number of nitrogens with one attached hydrogen (secondary N) is 1. The maximum atomic E-state index is 12.7. The number of hydrogen-bond acceptors (Lipinski definition) is 4. The molecule has 8 heteroatoms. The van der Waals surface area contributed by atoms with Gasteiger partial charge in [0.05, 0.1) is 11.4 Å². The van der Waals surface area contributed by atoms with Gasteiger partial charge in [-0.05, 0) is 38.5 Å². The van der Waals surface area contributed by atoms with Gasteiger partial charge in [0.2, 0.25) is 10.0 Å². The zero-order valence-electron chi connectivity index (χ0n) is 13.7. The molecule has 1 aliphatic carbocycles. The summed E-state index contributed by atoms with van der Waals surface area (Å²) in [6.45, 7) is 8.77. The minimum atomic E-state index is -3.57. The van der Waals surface area contributed by atoms with Gasteiger partial charge in [-0.15, -0.1) is 12.4 Å². The fourth-order valence-electron chi connectivity index (χ4n) is 2.69. The monoisotopic (exact) mass is 350 g/mol. The Balaban J connectivity index is 0.00000242. The maximum absolute atomic E-state index is 12.7. The van der Waals surface area contributed by atoms with Crippen molar-refractivity contribution in [2.75, 3.05) is 6.54 Å². The molecular weight excluding hydrogens is 324 g/mol.